The number of nitrogens with zero attached hydrogens (tertiary/aromatic N) is 5. The second-order valence-electron chi connectivity index (χ2n) is 6.34. The van der Waals surface area contributed by atoms with Gasteiger partial charge in [-0.1, -0.05) is 6.07 Å². The molecule has 28 heavy (non-hydrogen) atoms. The average molecular weight is 393 g/mol. The van der Waals surface area contributed by atoms with Gasteiger partial charge in [-0.05, 0) is 34.6 Å². The van der Waals surface area contributed by atoms with Crippen molar-refractivity contribution in [3.05, 3.63) is 52.1 Å². The maximum absolute atomic E-state index is 12.9. The highest BCUT2D eigenvalue weighted by Crippen LogP contribution is 2.34. The number of hydrogen-bond acceptors (Lipinski definition) is 7. The minimum atomic E-state index is -4.39. The van der Waals surface area contributed by atoms with Crippen LogP contribution >= 0.6 is 0 Å². The average Bonchev–Trinajstić information content (AvgIpc) is 3.16. The van der Waals surface area contributed by atoms with Gasteiger partial charge in [0.25, 0.3) is 0 Å². The van der Waals surface area contributed by atoms with Crippen LogP contribution in [0.3, 0.4) is 0 Å². The molecule has 0 unspecified atom stereocenters. The normalized spacial score (nSPS) is 15.2. The SMILES string of the molecule is O=[N+]([O-])c1ccc(N2CCN(c3cccc(C(F)(F)F)c3)CC2)c2nonc12. The van der Waals surface area contributed by atoms with Gasteiger partial charge in [-0.15, -0.1) is 0 Å². The molecule has 0 bridgehead atoms. The molecule has 8 nitrogen and oxygen atoms in total. The number of aromatic nitrogens is 2. The van der Waals surface area contributed by atoms with Gasteiger partial charge < -0.3 is 9.80 Å². The van der Waals surface area contributed by atoms with E-state index >= 15 is 0 Å². The molecule has 1 fully saturated rings. The highest BCUT2D eigenvalue weighted by Gasteiger charge is 2.31. The van der Waals surface area contributed by atoms with Gasteiger partial charge in [0.2, 0.25) is 5.52 Å². The summed E-state index contributed by atoms with van der Waals surface area (Å²) in [6.07, 6.45) is -4.39. The zero-order chi connectivity index (χ0) is 19.9. The maximum atomic E-state index is 12.9. The van der Waals surface area contributed by atoms with Crippen molar-refractivity contribution in [2.75, 3.05) is 36.0 Å². The number of anilines is 2. The molecule has 0 saturated carbocycles. The van der Waals surface area contributed by atoms with Crippen molar-refractivity contribution < 1.29 is 22.7 Å². The van der Waals surface area contributed by atoms with Crippen LogP contribution in [0.5, 0.6) is 0 Å². The highest BCUT2D eigenvalue weighted by molar-refractivity contribution is 5.93. The number of benzene rings is 2. The van der Waals surface area contributed by atoms with Crippen LogP contribution in [0.25, 0.3) is 11.0 Å². The van der Waals surface area contributed by atoms with Crippen LogP contribution < -0.4 is 9.80 Å². The van der Waals surface area contributed by atoms with Crippen LogP contribution in [0.4, 0.5) is 30.2 Å². The number of piperazine rings is 1. The first-order chi connectivity index (χ1) is 13.3. The second kappa shape index (κ2) is 6.66. The summed E-state index contributed by atoms with van der Waals surface area (Å²) < 4.78 is 43.5. The molecule has 2 heterocycles. The number of nitro groups is 1. The molecular formula is C17H14F3N5O3. The molecule has 0 spiro atoms. The van der Waals surface area contributed by atoms with Gasteiger partial charge >= 0.3 is 11.9 Å². The van der Waals surface area contributed by atoms with Crippen molar-refractivity contribution in [1.29, 1.82) is 0 Å². The summed E-state index contributed by atoms with van der Waals surface area (Å²) in [4.78, 5) is 14.4. The third-order valence-electron chi connectivity index (χ3n) is 4.73. The first kappa shape index (κ1) is 18.0. The Balaban J connectivity index is 1.54. The van der Waals surface area contributed by atoms with E-state index in [9.17, 15) is 23.3 Å². The summed E-state index contributed by atoms with van der Waals surface area (Å²) in [6, 6.07) is 8.17. The fraction of sp³-hybridized carbons (Fsp3) is 0.294. The summed E-state index contributed by atoms with van der Waals surface area (Å²) in [6.45, 7) is 2.00. The Morgan fingerprint density at radius 2 is 1.68 bits per heavy atom. The summed E-state index contributed by atoms with van der Waals surface area (Å²) in [5.74, 6) is 0. The largest absolute Gasteiger partial charge is 0.416 e. The van der Waals surface area contributed by atoms with Crippen LogP contribution in [0.15, 0.2) is 41.0 Å². The van der Waals surface area contributed by atoms with Crippen molar-refractivity contribution in [2.24, 2.45) is 0 Å². The third-order valence-corrected chi connectivity index (χ3v) is 4.73. The first-order valence-electron chi connectivity index (χ1n) is 8.41. The van der Waals surface area contributed by atoms with Gasteiger partial charge in [0, 0.05) is 37.9 Å². The highest BCUT2D eigenvalue weighted by atomic mass is 19.4. The summed E-state index contributed by atoms with van der Waals surface area (Å²) >= 11 is 0. The van der Waals surface area contributed by atoms with E-state index in [0.717, 1.165) is 12.1 Å². The lowest BCUT2D eigenvalue weighted by Gasteiger charge is -2.37. The quantitative estimate of drug-likeness (QED) is 0.497. The molecule has 0 amide bonds. The summed E-state index contributed by atoms with van der Waals surface area (Å²) in [7, 11) is 0. The Bertz CT molecular complexity index is 1030. The number of nitro benzene ring substituents is 1. The van der Waals surface area contributed by atoms with E-state index in [4.69, 9.17) is 0 Å². The van der Waals surface area contributed by atoms with Crippen molar-refractivity contribution in [1.82, 2.24) is 10.3 Å². The van der Waals surface area contributed by atoms with Gasteiger partial charge in [0.05, 0.1) is 16.2 Å². The van der Waals surface area contributed by atoms with Crippen LogP contribution in [0, 0.1) is 10.1 Å². The molecule has 1 aromatic heterocycles. The zero-order valence-corrected chi connectivity index (χ0v) is 14.4. The first-order valence-corrected chi connectivity index (χ1v) is 8.41. The predicted molar refractivity (Wildman–Crippen MR) is 94.3 cm³/mol. The summed E-state index contributed by atoms with van der Waals surface area (Å²) in [5, 5.41) is 18.5. The number of alkyl halides is 3. The smallest absolute Gasteiger partial charge is 0.368 e. The fourth-order valence-corrected chi connectivity index (χ4v) is 3.33. The lowest BCUT2D eigenvalue weighted by molar-refractivity contribution is -0.383. The topological polar surface area (TPSA) is 88.5 Å². The van der Waals surface area contributed by atoms with Gasteiger partial charge in [0.15, 0.2) is 5.52 Å². The number of hydrogen-bond donors (Lipinski definition) is 0. The Labute approximate surface area is 156 Å². The predicted octanol–water partition coefficient (Wildman–Crippen LogP) is 3.48. The van der Waals surface area contributed by atoms with Crippen molar-refractivity contribution >= 4 is 28.1 Å². The Morgan fingerprint density at radius 3 is 2.36 bits per heavy atom. The molecule has 0 radical (unpaired) electrons. The Hall–Kier alpha value is -3.37. The molecule has 11 heteroatoms. The monoisotopic (exact) mass is 393 g/mol. The van der Waals surface area contributed by atoms with E-state index in [-0.39, 0.29) is 11.2 Å². The molecule has 3 aromatic rings. The second-order valence-corrected chi connectivity index (χ2v) is 6.34. The van der Waals surface area contributed by atoms with Crippen molar-refractivity contribution in [3.8, 4) is 0 Å². The molecule has 1 aliphatic heterocycles. The van der Waals surface area contributed by atoms with Gasteiger partial charge in [-0.25, -0.2) is 4.63 Å². The molecule has 146 valence electrons. The van der Waals surface area contributed by atoms with Gasteiger partial charge in [-0.3, -0.25) is 10.1 Å². The molecule has 1 aliphatic rings. The molecule has 2 aromatic carbocycles. The van der Waals surface area contributed by atoms with E-state index in [1.54, 1.807) is 12.1 Å². The molecule has 1 saturated heterocycles. The van der Waals surface area contributed by atoms with E-state index < -0.39 is 16.7 Å². The van der Waals surface area contributed by atoms with Gasteiger partial charge in [0.1, 0.15) is 0 Å². The van der Waals surface area contributed by atoms with Gasteiger partial charge in [-0.2, -0.15) is 13.2 Å². The minimum Gasteiger partial charge on any atom is -0.368 e. The van der Waals surface area contributed by atoms with Crippen LogP contribution in [-0.4, -0.2) is 41.4 Å². The summed E-state index contributed by atoms with van der Waals surface area (Å²) in [5.41, 5.74) is 0.641. The van der Waals surface area contributed by atoms with Crippen LogP contribution in [0.1, 0.15) is 5.56 Å². The van der Waals surface area contributed by atoms with Crippen molar-refractivity contribution in [3.63, 3.8) is 0 Å². The molecule has 0 N–H and O–H groups in total. The Morgan fingerprint density at radius 1 is 1.00 bits per heavy atom. The van der Waals surface area contributed by atoms with E-state index in [1.807, 2.05) is 9.80 Å². The molecule has 0 aliphatic carbocycles. The minimum absolute atomic E-state index is 0.0720. The Kier molecular flexibility index (Phi) is 4.28. The van der Waals surface area contributed by atoms with E-state index in [0.29, 0.717) is 43.1 Å². The number of rotatable bonds is 3. The lowest BCUT2D eigenvalue weighted by Crippen LogP contribution is -2.46. The lowest BCUT2D eigenvalue weighted by atomic mass is 10.1. The maximum Gasteiger partial charge on any atom is 0.416 e. The number of non-ortho nitro benzene ring substituents is 1. The number of fused-ring (bicyclic) bond motifs is 1. The molecular weight excluding hydrogens is 379 g/mol. The fourth-order valence-electron chi connectivity index (χ4n) is 3.33. The number of halogens is 3. The third kappa shape index (κ3) is 3.19. The zero-order valence-electron chi connectivity index (χ0n) is 14.4. The molecule has 0 atom stereocenters. The van der Waals surface area contributed by atoms with Crippen molar-refractivity contribution in [2.45, 2.75) is 6.18 Å². The standard InChI is InChI=1S/C17H14F3N5O3/c18-17(19,20)11-2-1-3-12(10-11)23-6-8-24(9-7-23)13-4-5-14(25(26)27)16-15(13)21-28-22-16/h1-5,10H,6-9H2. The van der Waals surface area contributed by atoms with E-state index in [2.05, 4.69) is 14.9 Å². The molecule has 4 rings (SSSR count). The van der Waals surface area contributed by atoms with Crippen LogP contribution in [-0.2, 0) is 6.18 Å². The van der Waals surface area contributed by atoms with E-state index in [1.165, 1.54) is 12.1 Å². The van der Waals surface area contributed by atoms with Crippen LogP contribution in [0.2, 0.25) is 0 Å².